The number of H-pyrrole nitrogens is 1. The molecule has 0 spiro atoms. The van der Waals surface area contributed by atoms with Crippen molar-refractivity contribution in [3.8, 4) is 11.4 Å². The lowest BCUT2D eigenvalue weighted by atomic mass is 9.92. The number of rotatable bonds is 5. The van der Waals surface area contributed by atoms with Gasteiger partial charge in [0.25, 0.3) is 0 Å². The summed E-state index contributed by atoms with van der Waals surface area (Å²) in [6.07, 6.45) is 1.69. The minimum atomic E-state index is -0.472. The van der Waals surface area contributed by atoms with Crippen LogP contribution in [0.2, 0.25) is 0 Å². The van der Waals surface area contributed by atoms with E-state index in [0.717, 1.165) is 40.8 Å². The Morgan fingerprint density at radius 2 is 1.81 bits per heavy atom. The first-order valence-electron chi connectivity index (χ1n) is 10.2. The van der Waals surface area contributed by atoms with Gasteiger partial charge < -0.3 is 20.8 Å². The molecule has 1 aliphatic rings. The average Bonchev–Trinajstić information content (AvgIpc) is 3.15. The fourth-order valence-corrected chi connectivity index (χ4v) is 3.78. The zero-order valence-electron chi connectivity index (χ0n) is 17.8. The molecule has 1 amide bonds. The Kier molecular flexibility index (Phi) is 8.89. The molecule has 168 valence electrons. The largest absolute Gasteiger partial charge is 0.381 e. The Labute approximate surface area is 195 Å². The Bertz CT molecular complexity index is 975. The molecule has 0 saturated carbocycles. The van der Waals surface area contributed by atoms with E-state index in [4.69, 9.17) is 15.5 Å². The maximum absolute atomic E-state index is 12.4. The van der Waals surface area contributed by atoms with Crippen LogP contribution in [0.25, 0.3) is 22.4 Å². The quantitative estimate of drug-likeness (QED) is 0.530. The van der Waals surface area contributed by atoms with Crippen molar-refractivity contribution in [1.82, 2.24) is 15.3 Å². The molecule has 1 fully saturated rings. The highest BCUT2D eigenvalue weighted by molar-refractivity contribution is 5.85. The summed E-state index contributed by atoms with van der Waals surface area (Å²) in [5, 5.41) is 2.96. The number of halogens is 2. The summed E-state index contributed by atoms with van der Waals surface area (Å²) < 4.78 is 5.34. The number of nitrogens with one attached hydrogen (secondary N) is 2. The third kappa shape index (κ3) is 5.77. The molecule has 8 heteroatoms. The van der Waals surface area contributed by atoms with Crippen molar-refractivity contribution in [2.75, 3.05) is 13.2 Å². The fraction of sp³-hybridized carbons (Fsp3) is 0.391. The molecular formula is C23H30Cl2N4O2. The summed E-state index contributed by atoms with van der Waals surface area (Å²) in [6.45, 7) is 6.04. The number of hydrogen-bond donors (Lipinski definition) is 3. The number of nitrogens with two attached hydrogens (primary N) is 1. The summed E-state index contributed by atoms with van der Waals surface area (Å²) >= 11 is 0. The topological polar surface area (TPSA) is 93.0 Å². The van der Waals surface area contributed by atoms with Crippen molar-refractivity contribution >= 4 is 41.8 Å². The Morgan fingerprint density at radius 1 is 1.16 bits per heavy atom. The maximum Gasteiger partial charge on any atom is 0.237 e. The number of ether oxygens (including phenoxy) is 1. The summed E-state index contributed by atoms with van der Waals surface area (Å²) in [6, 6.07) is 11.8. The van der Waals surface area contributed by atoms with Crippen LogP contribution in [0.5, 0.6) is 0 Å². The van der Waals surface area contributed by atoms with Crippen molar-refractivity contribution in [3.63, 3.8) is 0 Å². The van der Waals surface area contributed by atoms with Crippen molar-refractivity contribution in [2.45, 2.75) is 39.3 Å². The first kappa shape index (κ1) is 25.1. The molecule has 2 aromatic carbocycles. The van der Waals surface area contributed by atoms with Gasteiger partial charge in [-0.05, 0) is 61.4 Å². The van der Waals surface area contributed by atoms with Gasteiger partial charge in [-0.2, -0.15) is 0 Å². The monoisotopic (exact) mass is 464 g/mol. The standard InChI is InChI=1S/C23H28N4O2.2ClH/c1-14-11-19-20(12-15(14)2)27-22(26-19)18-5-3-16(4-6-18)13-25-23(28)21(24)17-7-9-29-10-8-17;;/h3-6,11-12,17,21H,7-10,13,24H2,1-2H3,(H,25,28)(H,26,27);2*1H. The van der Waals surface area contributed by atoms with Gasteiger partial charge in [0.15, 0.2) is 0 Å². The number of aryl methyl sites for hydroxylation is 2. The van der Waals surface area contributed by atoms with E-state index in [2.05, 4.69) is 36.3 Å². The van der Waals surface area contributed by atoms with Crippen LogP contribution in [-0.4, -0.2) is 35.1 Å². The molecule has 1 atom stereocenters. The van der Waals surface area contributed by atoms with Crippen LogP contribution in [0.4, 0.5) is 0 Å². The maximum atomic E-state index is 12.4. The number of aromatic nitrogens is 2. The number of nitrogens with zero attached hydrogens (tertiary/aromatic N) is 1. The molecule has 0 aliphatic carbocycles. The second kappa shape index (κ2) is 11.0. The number of aromatic amines is 1. The van der Waals surface area contributed by atoms with E-state index in [1.165, 1.54) is 11.1 Å². The van der Waals surface area contributed by atoms with E-state index in [0.29, 0.717) is 19.8 Å². The molecule has 1 aromatic heterocycles. The Morgan fingerprint density at radius 3 is 2.48 bits per heavy atom. The van der Waals surface area contributed by atoms with Gasteiger partial charge >= 0.3 is 0 Å². The van der Waals surface area contributed by atoms with Crippen LogP contribution >= 0.6 is 24.8 Å². The lowest BCUT2D eigenvalue weighted by Gasteiger charge is -2.26. The number of hydrogen-bond acceptors (Lipinski definition) is 4. The van der Waals surface area contributed by atoms with Gasteiger partial charge in [-0.1, -0.05) is 24.3 Å². The molecule has 2 heterocycles. The Hall–Kier alpha value is -2.12. The molecular weight excluding hydrogens is 435 g/mol. The molecule has 1 saturated heterocycles. The normalized spacial score (nSPS) is 15.1. The number of fused-ring (bicyclic) bond motifs is 1. The van der Waals surface area contributed by atoms with Crippen LogP contribution < -0.4 is 11.1 Å². The van der Waals surface area contributed by atoms with E-state index in [1.807, 2.05) is 24.3 Å². The SMILES string of the molecule is Cc1cc2nc(-c3ccc(CNC(=O)C(N)C4CCOCC4)cc3)[nH]c2cc1C.Cl.Cl. The second-order valence-electron chi connectivity index (χ2n) is 7.93. The predicted molar refractivity (Wildman–Crippen MR) is 129 cm³/mol. The lowest BCUT2D eigenvalue weighted by Crippen LogP contribution is -2.46. The summed E-state index contributed by atoms with van der Waals surface area (Å²) in [5.41, 5.74) is 12.7. The molecule has 3 aromatic rings. The molecule has 31 heavy (non-hydrogen) atoms. The van der Waals surface area contributed by atoms with E-state index < -0.39 is 6.04 Å². The average molecular weight is 465 g/mol. The summed E-state index contributed by atoms with van der Waals surface area (Å²) in [4.78, 5) is 20.5. The molecule has 4 rings (SSSR count). The van der Waals surface area contributed by atoms with Gasteiger partial charge in [0, 0.05) is 25.3 Å². The van der Waals surface area contributed by atoms with Crippen molar-refractivity contribution in [2.24, 2.45) is 11.7 Å². The first-order chi connectivity index (χ1) is 14.0. The van der Waals surface area contributed by atoms with E-state index in [9.17, 15) is 4.79 Å². The number of benzene rings is 2. The van der Waals surface area contributed by atoms with Crippen molar-refractivity contribution in [3.05, 3.63) is 53.1 Å². The van der Waals surface area contributed by atoms with Gasteiger partial charge in [0.1, 0.15) is 5.82 Å². The molecule has 6 nitrogen and oxygen atoms in total. The fourth-order valence-electron chi connectivity index (χ4n) is 3.78. The number of imidazole rings is 1. The molecule has 1 unspecified atom stereocenters. The van der Waals surface area contributed by atoms with Crippen LogP contribution in [0, 0.1) is 19.8 Å². The van der Waals surface area contributed by atoms with Crippen molar-refractivity contribution < 1.29 is 9.53 Å². The number of amides is 1. The summed E-state index contributed by atoms with van der Waals surface area (Å²) in [5.74, 6) is 0.956. The highest BCUT2D eigenvalue weighted by Gasteiger charge is 2.26. The van der Waals surface area contributed by atoms with E-state index >= 15 is 0 Å². The van der Waals surface area contributed by atoms with Gasteiger partial charge in [-0.3, -0.25) is 4.79 Å². The molecule has 0 radical (unpaired) electrons. The zero-order chi connectivity index (χ0) is 20.4. The number of carbonyl (C=O) groups is 1. The highest BCUT2D eigenvalue weighted by Crippen LogP contribution is 2.23. The second-order valence-corrected chi connectivity index (χ2v) is 7.93. The Balaban J connectivity index is 0.00000171. The molecule has 0 bridgehead atoms. The molecule has 1 aliphatic heterocycles. The smallest absolute Gasteiger partial charge is 0.237 e. The van der Waals surface area contributed by atoms with Crippen molar-refractivity contribution in [1.29, 1.82) is 0 Å². The zero-order valence-corrected chi connectivity index (χ0v) is 19.4. The third-order valence-electron chi connectivity index (χ3n) is 5.87. The number of carbonyl (C=O) groups excluding carboxylic acids is 1. The van der Waals surface area contributed by atoms with E-state index in [1.54, 1.807) is 0 Å². The predicted octanol–water partition coefficient (Wildman–Crippen LogP) is 4.06. The van der Waals surface area contributed by atoms with Crippen LogP contribution in [0.3, 0.4) is 0 Å². The minimum absolute atomic E-state index is 0. The minimum Gasteiger partial charge on any atom is -0.381 e. The third-order valence-corrected chi connectivity index (χ3v) is 5.87. The van der Waals surface area contributed by atoms with Gasteiger partial charge in [0.05, 0.1) is 17.1 Å². The molecule has 4 N–H and O–H groups in total. The lowest BCUT2D eigenvalue weighted by molar-refractivity contribution is -0.124. The first-order valence-corrected chi connectivity index (χ1v) is 10.2. The van der Waals surface area contributed by atoms with Crippen LogP contribution in [0.15, 0.2) is 36.4 Å². The van der Waals surface area contributed by atoms with Crippen LogP contribution in [-0.2, 0) is 16.1 Å². The van der Waals surface area contributed by atoms with Gasteiger partial charge in [-0.25, -0.2) is 4.98 Å². The van der Waals surface area contributed by atoms with Gasteiger partial charge in [-0.15, -0.1) is 24.8 Å². The summed E-state index contributed by atoms with van der Waals surface area (Å²) in [7, 11) is 0. The highest BCUT2D eigenvalue weighted by atomic mass is 35.5. The van der Waals surface area contributed by atoms with E-state index in [-0.39, 0.29) is 36.6 Å². The van der Waals surface area contributed by atoms with Crippen LogP contribution in [0.1, 0.15) is 29.5 Å². The van der Waals surface area contributed by atoms with Gasteiger partial charge in [0.2, 0.25) is 5.91 Å².